The number of rotatable bonds is 12. The predicted octanol–water partition coefficient (Wildman–Crippen LogP) is 10.00. The molecule has 1 aliphatic rings. The van der Waals surface area contributed by atoms with Crippen molar-refractivity contribution in [3.05, 3.63) is 76.9 Å². The third kappa shape index (κ3) is 9.93. The summed E-state index contributed by atoms with van der Waals surface area (Å²) in [6, 6.07) is 17.5. The van der Waals surface area contributed by atoms with Gasteiger partial charge in [0.25, 0.3) is 0 Å². The molecule has 0 atom stereocenters. The number of unbranched alkanes of at least 4 members (excludes halogenated alkanes) is 5. The number of allylic oxidation sites excluding steroid dienone is 1. The molecule has 1 fully saturated rings. The largest absolute Gasteiger partial charge is 0.0840 e. The average molecular weight is 455 g/mol. The summed E-state index contributed by atoms with van der Waals surface area (Å²) >= 11 is 0. The fourth-order valence-electron chi connectivity index (χ4n) is 5.18. The minimum atomic E-state index is 0.940. The summed E-state index contributed by atoms with van der Waals surface area (Å²) in [7, 11) is 0. The molecule has 1 saturated carbocycles. The van der Waals surface area contributed by atoms with Crippen LogP contribution in [-0.4, -0.2) is 0 Å². The van der Waals surface area contributed by atoms with Crippen molar-refractivity contribution < 1.29 is 0 Å². The van der Waals surface area contributed by atoms with Crippen molar-refractivity contribution in [1.82, 2.24) is 0 Å². The quantitative estimate of drug-likeness (QED) is 0.221. The van der Waals surface area contributed by atoms with E-state index in [0.717, 1.165) is 29.4 Å². The molecule has 0 N–H and O–H groups in total. The van der Waals surface area contributed by atoms with Crippen molar-refractivity contribution in [2.24, 2.45) is 11.8 Å². The number of benzene rings is 2. The van der Waals surface area contributed by atoms with Crippen molar-refractivity contribution in [3.8, 4) is 11.8 Å². The molecule has 0 saturated heterocycles. The maximum atomic E-state index is 3.33. The Morgan fingerprint density at radius 2 is 1.26 bits per heavy atom. The van der Waals surface area contributed by atoms with E-state index in [9.17, 15) is 0 Å². The second-order valence-electron chi connectivity index (χ2n) is 10.4. The molecule has 0 heteroatoms. The van der Waals surface area contributed by atoms with Crippen LogP contribution in [-0.2, 0) is 6.42 Å². The molecular formula is C34H46. The smallest absolute Gasteiger partial charge is 0.0249 e. The summed E-state index contributed by atoms with van der Waals surface area (Å²) in [6.45, 7) is 4.51. The van der Waals surface area contributed by atoms with Crippen LogP contribution in [0.25, 0.3) is 6.08 Å². The van der Waals surface area contributed by atoms with Crippen LogP contribution in [0.5, 0.6) is 0 Å². The molecule has 0 spiro atoms. The van der Waals surface area contributed by atoms with E-state index in [1.165, 1.54) is 94.6 Å². The van der Waals surface area contributed by atoms with E-state index < -0.39 is 0 Å². The Labute approximate surface area is 210 Å². The molecule has 3 rings (SSSR count). The second kappa shape index (κ2) is 15.6. The Hall–Kier alpha value is -2.26. The third-order valence-corrected chi connectivity index (χ3v) is 7.50. The van der Waals surface area contributed by atoms with E-state index in [1.807, 2.05) is 0 Å². The first-order valence-corrected chi connectivity index (χ1v) is 14.1. The van der Waals surface area contributed by atoms with Gasteiger partial charge in [0.15, 0.2) is 0 Å². The molecule has 1 aliphatic carbocycles. The lowest BCUT2D eigenvalue weighted by Crippen LogP contribution is -2.15. The number of hydrogen-bond acceptors (Lipinski definition) is 0. The molecule has 0 unspecified atom stereocenters. The van der Waals surface area contributed by atoms with Crippen LogP contribution < -0.4 is 0 Å². The molecule has 0 bridgehead atoms. The van der Waals surface area contributed by atoms with Crippen LogP contribution in [0, 0.1) is 23.7 Å². The molecule has 2 aromatic rings. The van der Waals surface area contributed by atoms with E-state index in [-0.39, 0.29) is 0 Å². The Bertz CT molecular complexity index is 880. The molecule has 2 aromatic carbocycles. The molecule has 182 valence electrons. The van der Waals surface area contributed by atoms with Gasteiger partial charge in [0.2, 0.25) is 0 Å². The minimum absolute atomic E-state index is 0.940. The van der Waals surface area contributed by atoms with Crippen LogP contribution in [0.2, 0.25) is 0 Å². The van der Waals surface area contributed by atoms with Crippen LogP contribution in [0.15, 0.2) is 54.6 Å². The van der Waals surface area contributed by atoms with Gasteiger partial charge in [-0.1, -0.05) is 133 Å². The number of hydrogen-bond donors (Lipinski definition) is 0. The highest BCUT2D eigenvalue weighted by Gasteiger charge is 2.20. The van der Waals surface area contributed by atoms with E-state index in [4.69, 9.17) is 0 Å². The summed E-state index contributed by atoms with van der Waals surface area (Å²) in [6.07, 6.45) is 23.8. The Morgan fingerprint density at radius 1 is 0.676 bits per heavy atom. The van der Waals surface area contributed by atoms with E-state index in [1.54, 1.807) is 0 Å². The van der Waals surface area contributed by atoms with Gasteiger partial charge in [0, 0.05) is 11.1 Å². The van der Waals surface area contributed by atoms with Crippen molar-refractivity contribution in [2.45, 2.75) is 104 Å². The lowest BCUT2D eigenvalue weighted by molar-refractivity contribution is 0.248. The van der Waals surface area contributed by atoms with Gasteiger partial charge in [-0.05, 0) is 66.5 Å². The molecule has 34 heavy (non-hydrogen) atoms. The SMILES string of the molecule is CCC/C=C/c1ccc(C#Cc2ccc(CCC3CCC(CCCCCCC)CC3)cc2)cc1. The van der Waals surface area contributed by atoms with Crippen LogP contribution in [0.3, 0.4) is 0 Å². The van der Waals surface area contributed by atoms with E-state index in [2.05, 4.69) is 86.4 Å². The normalized spacial score (nSPS) is 18.1. The molecular weight excluding hydrogens is 408 g/mol. The fourth-order valence-corrected chi connectivity index (χ4v) is 5.18. The van der Waals surface area contributed by atoms with Gasteiger partial charge in [0.1, 0.15) is 0 Å². The van der Waals surface area contributed by atoms with E-state index >= 15 is 0 Å². The van der Waals surface area contributed by atoms with Crippen molar-refractivity contribution in [3.63, 3.8) is 0 Å². The molecule has 0 radical (unpaired) electrons. The molecule has 0 aromatic heterocycles. The number of aryl methyl sites for hydroxylation is 1. The van der Waals surface area contributed by atoms with Crippen molar-refractivity contribution >= 4 is 6.08 Å². The zero-order valence-corrected chi connectivity index (χ0v) is 21.8. The first-order chi connectivity index (χ1) is 16.8. The molecule has 0 aliphatic heterocycles. The summed E-state index contributed by atoms with van der Waals surface area (Å²) in [4.78, 5) is 0. The Morgan fingerprint density at radius 3 is 1.88 bits per heavy atom. The third-order valence-electron chi connectivity index (χ3n) is 7.50. The van der Waals surface area contributed by atoms with Gasteiger partial charge in [-0.25, -0.2) is 0 Å². The van der Waals surface area contributed by atoms with Crippen molar-refractivity contribution in [1.29, 1.82) is 0 Å². The van der Waals surface area contributed by atoms with Gasteiger partial charge in [-0.2, -0.15) is 0 Å². The molecule has 0 heterocycles. The topological polar surface area (TPSA) is 0 Å². The summed E-state index contributed by atoms with van der Waals surface area (Å²) in [5, 5.41) is 0. The minimum Gasteiger partial charge on any atom is -0.0840 e. The molecule has 0 amide bonds. The van der Waals surface area contributed by atoms with E-state index in [0.29, 0.717) is 0 Å². The maximum absolute atomic E-state index is 3.33. The first-order valence-electron chi connectivity index (χ1n) is 14.1. The first kappa shape index (κ1) is 26.3. The zero-order chi connectivity index (χ0) is 23.8. The van der Waals surface area contributed by atoms with Gasteiger partial charge >= 0.3 is 0 Å². The monoisotopic (exact) mass is 454 g/mol. The summed E-state index contributed by atoms with van der Waals surface area (Å²) in [5.74, 6) is 8.60. The maximum Gasteiger partial charge on any atom is 0.0249 e. The lowest BCUT2D eigenvalue weighted by Gasteiger charge is -2.28. The standard InChI is InChI=1S/C34H46/c1-3-5-7-8-10-12-30-15-19-32(20-16-30)22-24-34-27-25-33(26-28-34)23-21-31-17-13-29(14-18-31)11-9-6-4-2/h9,11,13-14,17-18,25-28,30,32H,3-8,10,12,15-16,19-20,22,24H2,1-2H3/b11-9+. The van der Waals surface area contributed by atoms with Crippen LogP contribution >= 0.6 is 0 Å². The zero-order valence-electron chi connectivity index (χ0n) is 21.8. The highest BCUT2D eigenvalue weighted by molar-refractivity contribution is 5.52. The van der Waals surface area contributed by atoms with Gasteiger partial charge in [0.05, 0.1) is 0 Å². The lowest BCUT2D eigenvalue weighted by atomic mass is 9.77. The molecule has 0 nitrogen and oxygen atoms in total. The average Bonchev–Trinajstić information content (AvgIpc) is 2.88. The Kier molecular flexibility index (Phi) is 12.1. The second-order valence-corrected chi connectivity index (χ2v) is 10.4. The summed E-state index contributed by atoms with van der Waals surface area (Å²) in [5.41, 5.74) is 4.90. The predicted molar refractivity (Wildman–Crippen MR) is 150 cm³/mol. The van der Waals surface area contributed by atoms with Crippen molar-refractivity contribution in [2.75, 3.05) is 0 Å². The Balaban J connectivity index is 1.36. The van der Waals surface area contributed by atoms with Crippen LogP contribution in [0.4, 0.5) is 0 Å². The summed E-state index contributed by atoms with van der Waals surface area (Å²) < 4.78 is 0. The van der Waals surface area contributed by atoms with Gasteiger partial charge < -0.3 is 0 Å². The van der Waals surface area contributed by atoms with Gasteiger partial charge in [-0.3, -0.25) is 0 Å². The van der Waals surface area contributed by atoms with Crippen LogP contribution in [0.1, 0.15) is 120 Å². The highest BCUT2D eigenvalue weighted by Crippen LogP contribution is 2.34. The highest BCUT2D eigenvalue weighted by atomic mass is 14.3. The fraction of sp³-hybridized carbons (Fsp3) is 0.529. The van der Waals surface area contributed by atoms with Gasteiger partial charge in [-0.15, -0.1) is 0 Å².